The van der Waals surface area contributed by atoms with Crippen molar-refractivity contribution >= 4 is 17.5 Å². The quantitative estimate of drug-likeness (QED) is 0.345. The van der Waals surface area contributed by atoms with Gasteiger partial charge in [0.1, 0.15) is 12.4 Å². The average molecular weight is 516 g/mol. The van der Waals surface area contributed by atoms with Crippen LogP contribution in [0.4, 0.5) is 13.2 Å². The SMILES string of the molecule is C[C@H](NC(=O)C1CCCCC1c1cccc(COc2cccc(C(F)(F)F)c2Cl)c1)c1ccccc1. The maximum atomic E-state index is 13.3. The Labute approximate surface area is 214 Å². The van der Waals surface area contributed by atoms with Crippen LogP contribution in [-0.4, -0.2) is 5.91 Å². The molecule has 0 heterocycles. The first-order valence-electron chi connectivity index (χ1n) is 12.2. The number of nitrogens with one attached hydrogen (secondary N) is 1. The van der Waals surface area contributed by atoms with Gasteiger partial charge in [-0.2, -0.15) is 13.2 Å². The molecule has 1 N–H and O–H groups in total. The number of hydrogen-bond donors (Lipinski definition) is 1. The Morgan fingerprint density at radius 3 is 2.50 bits per heavy atom. The Bertz CT molecular complexity index is 1180. The number of hydrogen-bond acceptors (Lipinski definition) is 2. The summed E-state index contributed by atoms with van der Waals surface area (Å²) < 4.78 is 45.1. The molecule has 0 radical (unpaired) electrons. The van der Waals surface area contributed by atoms with Crippen molar-refractivity contribution in [3.8, 4) is 5.75 Å². The van der Waals surface area contributed by atoms with Crippen molar-refractivity contribution in [1.29, 1.82) is 0 Å². The fourth-order valence-corrected chi connectivity index (χ4v) is 5.19. The maximum Gasteiger partial charge on any atom is 0.417 e. The van der Waals surface area contributed by atoms with Gasteiger partial charge in [-0.15, -0.1) is 0 Å². The zero-order chi connectivity index (χ0) is 25.7. The molecular weight excluding hydrogens is 487 g/mol. The van der Waals surface area contributed by atoms with Crippen LogP contribution in [0.2, 0.25) is 5.02 Å². The lowest BCUT2D eigenvalue weighted by Gasteiger charge is -2.32. The predicted molar refractivity (Wildman–Crippen MR) is 135 cm³/mol. The fourth-order valence-electron chi connectivity index (χ4n) is 4.90. The Morgan fingerprint density at radius 1 is 1.03 bits per heavy atom. The van der Waals surface area contributed by atoms with Gasteiger partial charge >= 0.3 is 6.18 Å². The summed E-state index contributed by atoms with van der Waals surface area (Å²) in [5.41, 5.74) is 1.99. The van der Waals surface area contributed by atoms with E-state index in [1.54, 1.807) is 0 Å². The second kappa shape index (κ2) is 11.4. The first-order valence-corrected chi connectivity index (χ1v) is 12.5. The van der Waals surface area contributed by atoms with Gasteiger partial charge in [0.05, 0.1) is 16.6 Å². The van der Waals surface area contributed by atoms with Gasteiger partial charge in [0.2, 0.25) is 5.91 Å². The highest BCUT2D eigenvalue weighted by Crippen LogP contribution is 2.40. The summed E-state index contributed by atoms with van der Waals surface area (Å²) >= 11 is 5.96. The van der Waals surface area contributed by atoms with Crippen LogP contribution in [0.1, 0.15) is 66.8 Å². The molecule has 0 spiro atoms. The van der Waals surface area contributed by atoms with Gasteiger partial charge in [-0.3, -0.25) is 4.79 Å². The van der Waals surface area contributed by atoms with Crippen LogP contribution >= 0.6 is 11.6 Å². The Morgan fingerprint density at radius 2 is 1.75 bits per heavy atom. The Balaban J connectivity index is 1.47. The van der Waals surface area contributed by atoms with Crippen molar-refractivity contribution in [3.63, 3.8) is 0 Å². The molecule has 3 nitrogen and oxygen atoms in total. The number of carbonyl (C=O) groups is 1. The van der Waals surface area contributed by atoms with Crippen molar-refractivity contribution in [3.05, 3.63) is 100 Å². The minimum absolute atomic E-state index is 0.0123. The standard InChI is InChI=1S/C29H29ClF3NO2/c1-19(21-10-3-2-4-11-21)34-28(35)24-14-6-5-13-23(24)22-12-7-9-20(17-22)18-36-26-16-8-15-25(27(26)30)29(31,32)33/h2-4,7-12,15-17,19,23-24H,5-6,13-14,18H2,1H3,(H,34,35)/t19-,23?,24?/m0/s1. The number of ether oxygens (including phenoxy) is 1. The number of benzene rings is 3. The van der Waals surface area contributed by atoms with E-state index in [9.17, 15) is 18.0 Å². The lowest BCUT2D eigenvalue weighted by atomic mass is 9.74. The highest BCUT2D eigenvalue weighted by Gasteiger charge is 2.35. The number of amides is 1. The zero-order valence-electron chi connectivity index (χ0n) is 20.0. The summed E-state index contributed by atoms with van der Waals surface area (Å²) in [5, 5.41) is 2.73. The minimum Gasteiger partial charge on any atom is -0.487 e. The van der Waals surface area contributed by atoms with E-state index in [1.165, 1.54) is 12.1 Å². The summed E-state index contributed by atoms with van der Waals surface area (Å²) in [4.78, 5) is 13.3. The Kier molecular flexibility index (Phi) is 8.24. The van der Waals surface area contributed by atoms with Crippen LogP contribution < -0.4 is 10.1 Å². The van der Waals surface area contributed by atoms with Gasteiger partial charge in [0.25, 0.3) is 0 Å². The van der Waals surface area contributed by atoms with E-state index in [-0.39, 0.29) is 36.1 Å². The third kappa shape index (κ3) is 6.22. The van der Waals surface area contributed by atoms with Crippen LogP contribution in [0, 0.1) is 5.92 Å². The highest BCUT2D eigenvalue weighted by atomic mass is 35.5. The molecule has 1 amide bonds. The third-order valence-corrected chi connectivity index (χ3v) is 7.19. The van der Waals surface area contributed by atoms with Gasteiger partial charge in [0, 0.05) is 5.92 Å². The van der Waals surface area contributed by atoms with E-state index in [1.807, 2.05) is 61.5 Å². The van der Waals surface area contributed by atoms with E-state index in [0.717, 1.165) is 48.4 Å². The number of carbonyl (C=O) groups excluding carboxylic acids is 1. The third-order valence-electron chi connectivity index (χ3n) is 6.80. The number of halogens is 4. The van der Waals surface area contributed by atoms with Gasteiger partial charge in [-0.05, 0) is 54.5 Å². The van der Waals surface area contributed by atoms with Crippen molar-refractivity contribution in [1.82, 2.24) is 5.32 Å². The lowest BCUT2D eigenvalue weighted by molar-refractivity contribution is -0.137. The van der Waals surface area contributed by atoms with E-state index in [4.69, 9.17) is 16.3 Å². The molecule has 1 saturated carbocycles. The molecule has 7 heteroatoms. The zero-order valence-corrected chi connectivity index (χ0v) is 20.8. The molecule has 1 aliphatic carbocycles. The molecule has 3 atom stereocenters. The van der Waals surface area contributed by atoms with Crippen molar-refractivity contribution < 1.29 is 22.7 Å². The first-order chi connectivity index (χ1) is 17.2. The molecule has 1 fully saturated rings. The van der Waals surface area contributed by atoms with Crippen LogP contribution in [-0.2, 0) is 17.6 Å². The number of alkyl halides is 3. The first kappa shape index (κ1) is 26.1. The molecule has 3 aromatic rings. The Hall–Kier alpha value is -2.99. The van der Waals surface area contributed by atoms with Gasteiger partial charge in [-0.1, -0.05) is 85.1 Å². The van der Waals surface area contributed by atoms with Gasteiger partial charge < -0.3 is 10.1 Å². The molecule has 1 aliphatic rings. The second-order valence-corrected chi connectivity index (χ2v) is 9.67. The minimum atomic E-state index is -4.55. The largest absolute Gasteiger partial charge is 0.487 e. The average Bonchev–Trinajstić information content (AvgIpc) is 2.88. The van der Waals surface area contributed by atoms with Gasteiger partial charge in [-0.25, -0.2) is 0 Å². The molecular formula is C29H29ClF3NO2. The smallest absolute Gasteiger partial charge is 0.417 e. The maximum absolute atomic E-state index is 13.3. The van der Waals surface area contributed by atoms with Gasteiger partial charge in [0.15, 0.2) is 0 Å². The molecule has 2 unspecified atom stereocenters. The molecule has 4 rings (SSSR count). The van der Waals surface area contributed by atoms with Crippen LogP contribution in [0.5, 0.6) is 5.75 Å². The molecule has 0 bridgehead atoms. The topological polar surface area (TPSA) is 38.3 Å². The summed E-state index contributed by atoms with van der Waals surface area (Å²) in [5.74, 6) is -0.0343. The van der Waals surface area contributed by atoms with E-state index in [0.29, 0.717) is 0 Å². The molecule has 36 heavy (non-hydrogen) atoms. The molecule has 0 aliphatic heterocycles. The monoisotopic (exact) mass is 515 g/mol. The van der Waals surface area contributed by atoms with E-state index in [2.05, 4.69) is 5.32 Å². The lowest BCUT2D eigenvalue weighted by Crippen LogP contribution is -2.37. The van der Waals surface area contributed by atoms with Crippen LogP contribution in [0.3, 0.4) is 0 Å². The van der Waals surface area contributed by atoms with Crippen LogP contribution in [0.25, 0.3) is 0 Å². The summed E-state index contributed by atoms with van der Waals surface area (Å²) in [6.07, 6.45) is -0.778. The summed E-state index contributed by atoms with van der Waals surface area (Å²) in [6.45, 7) is 2.06. The molecule has 0 saturated heterocycles. The normalized spacial score (nSPS) is 18.9. The molecule has 0 aromatic heterocycles. The van der Waals surface area contributed by atoms with Crippen molar-refractivity contribution in [2.75, 3.05) is 0 Å². The fraction of sp³-hybridized carbons (Fsp3) is 0.345. The van der Waals surface area contributed by atoms with E-state index >= 15 is 0 Å². The highest BCUT2D eigenvalue weighted by molar-refractivity contribution is 6.32. The summed E-state index contributed by atoms with van der Waals surface area (Å²) in [7, 11) is 0. The van der Waals surface area contributed by atoms with Crippen LogP contribution in [0.15, 0.2) is 72.8 Å². The predicted octanol–water partition coefficient (Wildman–Crippen LogP) is 8.09. The van der Waals surface area contributed by atoms with Crippen molar-refractivity contribution in [2.45, 2.75) is 57.3 Å². The second-order valence-electron chi connectivity index (χ2n) is 9.29. The van der Waals surface area contributed by atoms with Crippen molar-refractivity contribution in [2.24, 2.45) is 5.92 Å². The molecule has 3 aromatic carbocycles. The number of rotatable bonds is 7. The molecule has 190 valence electrons. The summed E-state index contributed by atoms with van der Waals surface area (Å²) in [6, 6.07) is 21.2. The van der Waals surface area contributed by atoms with E-state index < -0.39 is 16.8 Å².